The maximum atomic E-state index is 13.4. The minimum absolute atomic E-state index is 0.00915. The molecule has 172 valence electrons. The van der Waals surface area contributed by atoms with Crippen molar-refractivity contribution in [2.45, 2.75) is 19.9 Å². The molecule has 0 aromatic heterocycles. The highest BCUT2D eigenvalue weighted by atomic mass is 35.5. The molecule has 0 spiro atoms. The monoisotopic (exact) mass is 479 g/mol. The van der Waals surface area contributed by atoms with Gasteiger partial charge in [0.25, 0.3) is 5.91 Å². The molecule has 8 nitrogen and oxygen atoms in total. The Hall–Kier alpha value is -2.29. The predicted molar refractivity (Wildman–Crippen MR) is 122 cm³/mol. The SMILES string of the molecule is CCN1CCN(C(=O)CN2CC3=C(C2=O)[C@H](c2ccc(Cl)cc2Cl)NC(=O)N3CC)CC1. The largest absolute Gasteiger partial charge is 0.339 e. The average Bonchev–Trinajstić information content (AvgIpc) is 3.09. The smallest absolute Gasteiger partial charge is 0.322 e. The molecule has 1 N–H and O–H groups in total. The summed E-state index contributed by atoms with van der Waals surface area (Å²) in [4.78, 5) is 46.3. The lowest BCUT2D eigenvalue weighted by Gasteiger charge is -2.34. The van der Waals surface area contributed by atoms with Crippen LogP contribution in [0, 0.1) is 0 Å². The Morgan fingerprint density at radius 1 is 1.09 bits per heavy atom. The fourth-order valence-corrected chi connectivity index (χ4v) is 5.07. The second-order valence-electron chi connectivity index (χ2n) is 8.13. The minimum atomic E-state index is -0.689. The fraction of sp³-hybridized carbons (Fsp3) is 0.500. The van der Waals surface area contributed by atoms with E-state index in [4.69, 9.17) is 23.2 Å². The Balaban J connectivity index is 1.56. The van der Waals surface area contributed by atoms with Crippen LogP contribution in [0.4, 0.5) is 4.79 Å². The third-order valence-corrected chi connectivity index (χ3v) is 6.95. The molecule has 0 aliphatic carbocycles. The lowest BCUT2D eigenvalue weighted by molar-refractivity contribution is -0.138. The van der Waals surface area contributed by atoms with Gasteiger partial charge in [0, 0.05) is 42.8 Å². The van der Waals surface area contributed by atoms with Crippen LogP contribution < -0.4 is 5.32 Å². The second-order valence-corrected chi connectivity index (χ2v) is 8.97. The van der Waals surface area contributed by atoms with Crippen molar-refractivity contribution in [1.82, 2.24) is 24.9 Å². The standard InChI is InChI=1S/C22H27Cl2N5O3/c1-3-26-7-9-27(10-8-26)18(30)13-28-12-17-19(21(28)31)20(25-22(32)29(17)4-2)15-6-5-14(23)11-16(15)24/h5-6,11,20H,3-4,7-10,12-13H2,1-2H3,(H,25,32)/t20-/m0/s1. The molecule has 0 bridgehead atoms. The first kappa shape index (κ1) is 22.9. The van der Waals surface area contributed by atoms with Crippen LogP contribution in [0.5, 0.6) is 0 Å². The number of piperazine rings is 1. The number of halogens is 2. The maximum Gasteiger partial charge on any atom is 0.322 e. The van der Waals surface area contributed by atoms with Gasteiger partial charge in [-0.3, -0.25) is 14.5 Å². The second kappa shape index (κ2) is 9.29. The van der Waals surface area contributed by atoms with Crippen molar-refractivity contribution in [3.63, 3.8) is 0 Å². The van der Waals surface area contributed by atoms with E-state index in [1.807, 2.05) is 11.8 Å². The van der Waals surface area contributed by atoms with E-state index in [-0.39, 0.29) is 30.9 Å². The molecule has 10 heteroatoms. The number of nitrogens with one attached hydrogen (secondary N) is 1. The number of rotatable bonds is 5. The lowest BCUT2D eigenvalue weighted by atomic mass is 9.95. The van der Waals surface area contributed by atoms with E-state index in [9.17, 15) is 14.4 Å². The van der Waals surface area contributed by atoms with Gasteiger partial charge in [-0.2, -0.15) is 0 Å². The van der Waals surface area contributed by atoms with Crippen LogP contribution in [0.2, 0.25) is 10.0 Å². The highest BCUT2D eigenvalue weighted by molar-refractivity contribution is 6.35. The molecule has 0 radical (unpaired) electrons. The first-order valence-corrected chi connectivity index (χ1v) is 11.6. The van der Waals surface area contributed by atoms with Gasteiger partial charge >= 0.3 is 6.03 Å². The Labute approximate surface area is 197 Å². The number of benzene rings is 1. The zero-order valence-electron chi connectivity index (χ0n) is 18.2. The van der Waals surface area contributed by atoms with Crippen LogP contribution in [0.3, 0.4) is 0 Å². The number of amides is 4. The van der Waals surface area contributed by atoms with E-state index in [1.54, 1.807) is 23.1 Å². The number of nitrogens with zero attached hydrogens (tertiary/aromatic N) is 4. The number of hydrogen-bond acceptors (Lipinski definition) is 4. The van der Waals surface area contributed by atoms with E-state index < -0.39 is 6.04 Å². The van der Waals surface area contributed by atoms with Crippen LogP contribution in [-0.2, 0) is 9.59 Å². The first-order valence-electron chi connectivity index (χ1n) is 10.9. The summed E-state index contributed by atoms with van der Waals surface area (Å²) in [5.74, 6) is -0.327. The van der Waals surface area contributed by atoms with E-state index in [2.05, 4.69) is 17.1 Å². The molecule has 0 unspecified atom stereocenters. The molecule has 1 saturated heterocycles. The Morgan fingerprint density at radius 2 is 1.81 bits per heavy atom. The van der Waals surface area contributed by atoms with Crippen molar-refractivity contribution < 1.29 is 14.4 Å². The molecule has 1 aromatic rings. The number of carbonyl (C=O) groups excluding carboxylic acids is 3. The van der Waals surface area contributed by atoms with Crippen LogP contribution in [-0.4, -0.2) is 89.8 Å². The first-order chi connectivity index (χ1) is 15.3. The van der Waals surface area contributed by atoms with Gasteiger partial charge in [-0.15, -0.1) is 0 Å². The fourth-order valence-electron chi connectivity index (χ4n) is 4.56. The summed E-state index contributed by atoms with van der Waals surface area (Å²) in [6.45, 7) is 8.54. The zero-order valence-corrected chi connectivity index (χ0v) is 19.7. The highest BCUT2D eigenvalue weighted by Crippen LogP contribution is 2.39. The Kier molecular flexibility index (Phi) is 6.65. The van der Waals surface area contributed by atoms with Crippen LogP contribution >= 0.6 is 23.2 Å². The summed E-state index contributed by atoms with van der Waals surface area (Å²) in [6.07, 6.45) is 0. The van der Waals surface area contributed by atoms with Crippen molar-refractivity contribution >= 4 is 41.0 Å². The molecule has 3 heterocycles. The Bertz CT molecular complexity index is 974. The van der Waals surface area contributed by atoms with Crippen molar-refractivity contribution in [3.05, 3.63) is 45.1 Å². The van der Waals surface area contributed by atoms with Crippen LogP contribution in [0.25, 0.3) is 0 Å². The topological polar surface area (TPSA) is 76.2 Å². The third kappa shape index (κ3) is 4.19. The lowest BCUT2D eigenvalue weighted by Crippen LogP contribution is -2.51. The summed E-state index contributed by atoms with van der Waals surface area (Å²) in [5.41, 5.74) is 1.69. The van der Waals surface area contributed by atoms with Gasteiger partial charge in [-0.25, -0.2) is 4.79 Å². The molecule has 1 fully saturated rings. The summed E-state index contributed by atoms with van der Waals surface area (Å²) >= 11 is 12.4. The van der Waals surface area contributed by atoms with E-state index in [0.717, 1.165) is 19.6 Å². The van der Waals surface area contributed by atoms with Crippen molar-refractivity contribution in [2.24, 2.45) is 0 Å². The predicted octanol–water partition coefficient (Wildman–Crippen LogP) is 2.34. The van der Waals surface area contributed by atoms with Gasteiger partial charge in [0.15, 0.2) is 0 Å². The minimum Gasteiger partial charge on any atom is -0.339 e. The molecule has 32 heavy (non-hydrogen) atoms. The molecule has 1 atom stereocenters. The van der Waals surface area contributed by atoms with Gasteiger partial charge in [-0.05, 0) is 31.2 Å². The maximum absolute atomic E-state index is 13.4. The van der Waals surface area contributed by atoms with E-state index >= 15 is 0 Å². The van der Waals surface area contributed by atoms with Crippen molar-refractivity contribution in [1.29, 1.82) is 0 Å². The van der Waals surface area contributed by atoms with Gasteiger partial charge in [0.1, 0.15) is 6.54 Å². The van der Waals surface area contributed by atoms with E-state index in [1.165, 1.54) is 4.90 Å². The summed E-state index contributed by atoms with van der Waals surface area (Å²) in [5, 5.41) is 3.74. The molecule has 4 amide bonds. The molecular weight excluding hydrogens is 453 g/mol. The van der Waals surface area contributed by atoms with Gasteiger partial charge in [-0.1, -0.05) is 36.2 Å². The Morgan fingerprint density at radius 3 is 2.44 bits per heavy atom. The van der Waals surface area contributed by atoms with Gasteiger partial charge in [0.2, 0.25) is 5.91 Å². The molecular formula is C22H27Cl2N5O3. The quantitative estimate of drug-likeness (QED) is 0.702. The zero-order chi connectivity index (χ0) is 23.0. The van der Waals surface area contributed by atoms with Crippen LogP contribution in [0.1, 0.15) is 25.5 Å². The van der Waals surface area contributed by atoms with Gasteiger partial charge < -0.3 is 20.0 Å². The number of carbonyl (C=O) groups is 3. The number of likely N-dealkylation sites (N-methyl/N-ethyl adjacent to an activating group) is 2. The molecule has 3 aliphatic rings. The summed E-state index contributed by atoms with van der Waals surface area (Å²) < 4.78 is 0. The average molecular weight is 480 g/mol. The number of hydrogen-bond donors (Lipinski definition) is 1. The van der Waals surface area contributed by atoms with E-state index in [0.29, 0.717) is 46.5 Å². The number of urea groups is 1. The normalized spacial score (nSPS) is 21.9. The van der Waals surface area contributed by atoms with Crippen molar-refractivity contribution in [3.8, 4) is 0 Å². The van der Waals surface area contributed by atoms with Crippen LogP contribution in [0.15, 0.2) is 29.5 Å². The summed E-state index contributed by atoms with van der Waals surface area (Å²) in [7, 11) is 0. The molecule has 3 aliphatic heterocycles. The van der Waals surface area contributed by atoms with Gasteiger partial charge in [0.05, 0.1) is 23.9 Å². The summed E-state index contributed by atoms with van der Waals surface area (Å²) in [6, 6.07) is 4.01. The van der Waals surface area contributed by atoms with Crippen molar-refractivity contribution in [2.75, 3.05) is 52.4 Å². The molecule has 4 rings (SSSR count). The third-order valence-electron chi connectivity index (χ3n) is 6.38. The molecule has 0 saturated carbocycles. The highest BCUT2D eigenvalue weighted by Gasteiger charge is 2.44. The molecule has 1 aromatic carbocycles.